The maximum absolute atomic E-state index is 12.3. The van der Waals surface area contributed by atoms with E-state index in [9.17, 15) is 4.79 Å². The predicted octanol–water partition coefficient (Wildman–Crippen LogP) is 2.96. The first-order valence-corrected chi connectivity index (χ1v) is 7.21. The minimum atomic E-state index is -0.352. The molecule has 22 heavy (non-hydrogen) atoms. The van der Waals surface area contributed by atoms with Crippen LogP contribution in [0.5, 0.6) is 0 Å². The molecule has 0 aliphatic rings. The van der Waals surface area contributed by atoms with Crippen molar-refractivity contribution in [3.8, 4) is 0 Å². The first kappa shape index (κ1) is 16.0. The van der Waals surface area contributed by atoms with Crippen molar-refractivity contribution in [2.45, 2.75) is 32.9 Å². The summed E-state index contributed by atoms with van der Waals surface area (Å²) in [4.78, 5) is 12.3. The number of hydrogen-bond donors (Lipinski definition) is 2. The molecule has 0 saturated carbocycles. The molecule has 118 valence electrons. The number of carbonyl (C=O) groups excluding carboxylic acids is 1. The SMILES string of the molecule is CC[C@H](Nc1cccc(COC)c1)C(=O)Nc1cc(C)on1. The number of rotatable bonds is 7. The summed E-state index contributed by atoms with van der Waals surface area (Å²) in [5, 5.41) is 9.74. The van der Waals surface area contributed by atoms with Crippen LogP contribution in [0, 0.1) is 6.92 Å². The average Bonchev–Trinajstić information content (AvgIpc) is 2.90. The van der Waals surface area contributed by atoms with Crippen LogP contribution in [-0.2, 0) is 16.1 Å². The van der Waals surface area contributed by atoms with E-state index in [1.54, 1.807) is 20.1 Å². The molecular weight excluding hydrogens is 282 g/mol. The lowest BCUT2D eigenvalue weighted by Crippen LogP contribution is -2.34. The van der Waals surface area contributed by atoms with Crippen molar-refractivity contribution in [3.63, 3.8) is 0 Å². The molecular formula is C16H21N3O3. The third kappa shape index (κ3) is 4.33. The lowest BCUT2D eigenvalue weighted by Gasteiger charge is -2.17. The van der Waals surface area contributed by atoms with Crippen molar-refractivity contribution in [3.05, 3.63) is 41.7 Å². The number of amides is 1. The molecule has 0 bridgehead atoms. The van der Waals surface area contributed by atoms with Crippen molar-refractivity contribution in [2.75, 3.05) is 17.7 Å². The van der Waals surface area contributed by atoms with Gasteiger partial charge >= 0.3 is 0 Å². The molecule has 1 aromatic heterocycles. The molecule has 0 aliphatic heterocycles. The highest BCUT2D eigenvalue weighted by atomic mass is 16.5. The summed E-state index contributed by atoms with van der Waals surface area (Å²) < 4.78 is 10.1. The maximum Gasteiger partial charge on any atom is 0.248 e. The largest absolute Gasteiger partial charge is 0.380 e. The number of nitrogens with one attached hydrogen (secondary N) is 2. The number of aryl methyl sites for hydroxylation is 1. The Morgan fingerprint density at radius 1 is 1.41 bits per heavy atom. The van der Waals surface area contributed by atoms with Gasteiger partial charge < -0.3 is 19.9 Å². The minimum Gasteiger partial charge on any atom is -0.380 e. The van der Waals surface area contributed by atoms with E-state index in [2.05, 4.69) is 15.8 Å². The monoisotopic (exact) mass is 303 g/mol. The van der Waals surface area contributed by atoms with Gasteiger partial charge in [-0.15, -0.1) is 0 Å². The number of anilines is 2. The van der Waals surface area contributed by atoms with E-state index in [0.717, 1.165) is 11.3 Å². The van der Waals surface area contributed by atoms with Gasteiger partial charge in [0, 0.05) is 18.9 Å². The van der Waals surface area contributed by atoms with Crippen molar-refractivity contribution < 1.29 is 14.1 Å². The summed E-state index contributed by atoms with van der Waals surface area (Å²) in [6, 6.07) is 9.14. The quantitative estimate of drug-likeness (QED) is 0.822. The van der Waals surface area contributed by atoms with Crippen LogP contribution >= 0.6 is 0 Å². The zero-order valence-electron chi connectivity index (χ0n) is 13.1. The molecule has 0 radical (unpaired) electrons. The first-order chi connectivity index (χ1) is 10.6. The number of aromatic nitrogens is 1. The molecule has 6 heteroatoms. The second-order valence-corrected chi connectivity index (χ2v) is 5.05. The Morgan fingerprint density at radius 3 is 2.86 bits per heavy atom. The molecule has 1 aromatic carbocycles. The highest BCUT2D eigenvalue weighted by molar-refractivity contribution is 5.95. The maximum atomic E-state index is 12.3. The number of nitrogens with zero attached hydrogens (tertiary/aromatic N) is 1. The molecule has 6 nitrogen and oxygen atoms in total. The van der Waals surface area contributed by atoms with Crippen molar-refractivity contribution in [1.29, 1.82) is 0 Å². The van der Waals surface area contributed by atoms with Gasteiger partial charge in [0.2, 0.25) is 5.91 Å². The number of benzene rings is 1. The average molecular weight is 303 g/mol. The van der Waals surface area contributed by atoms with Crippen LogP contribution < -0.4 is 10.6 Å². The Hall–Kier alpha value is -2.34. The molecule has 0 unspecified atom stereocenters. The van der Waals surface area contributed by atoms with Gasteiger partial charge in [0.25, 0.3) is 0 Å². The topological polar surface area (TPSA) is 76.4 Å². The Kier molecular flexibility index (Phi) is 5.55. The summed E-state index contributed by atoms with van der Waals surface area (Å²) in [5.41, 5.74) is 1.93. The number of ether oxygens (including phenoxy) is 1. The van der Waals surface area contributed by atoms with E-state index in [-0.39, 0.29) is 11.9 Å². The molecule has 0 fully saturated rings. The van der Waals surface area contributed by atoms with E-state index in [4.69, 9.17) is 9.26 Å². The molecule has 2 rings (SSSR count). The van der Waals surface area contributed by atoms with Crippen LogP contribution in [0.1, 0.15) is 24.7 Å². The summed E-state index contributed by atoms with van der Waals surface area (Å²) in [6.07, 6.45) is 0.650. The normalized spacial score (nSPS) is 12.0. The molecule has 0 saturated heterocycles. The van der Waals surface area contributed by atoms with Crippen molar-refractivity contribution in [2.24, 2.45) is 0 Å². The van der Waals surface area contributed by atoms with E-state index in [0.29, 0.717) is 24.6 Å². The van der Waals surface area contributed by atoms with Crippen LogP contribution in [0.3, 0.4) is 0 Å². The van der Waals surface area contributed by atoms with E-state index < -0.39 is 0 Å². The zero-order valence-corrected chi connectivity index (χ0v) is 13.1. The Labute approximate surface area is 129 Å². The van der Waals surface area contributed by atoms with Crippen LogP contribution in [-0.4, -0.2) is 24.2 Å². The standard InChI is InChI=1S/C16H21N3O3/c1-4-14(16(20)18-15-8-11(2)22-19-15)17-13-7-5-6-12(9-13)10-21-3/h5-9,14,17H,4,10H2,1-3H3,(H,18,19,20)/t14-/m0/s1. The van der Waals surface area contributed by atoms with E-state index in [1.165, 1.54) is 0 Å². The highest BCUT2D eigenvalue weighted by Crippen LogP contribution is 2.15. The Bertz CT molecular complexity index is 625. The molecule has 0 spiro atoms. The molecule has 1 amide bonds. The second kappa shape index (κ2) is 7.61. The number of hydrogen-bond acceptors (Lipinski definition) is 5. The lowest BCUT2D eigenvalue weighted by molar-refractivity contribution is -0.117. The summed E-state index contributed by atoms with van der Waals surface area (Å²) in [6.45, 7) is 4.26. The minimum absolute atomic E-state index is 0.145. The summed E-state index contributed by atoms with van der Waals surface area (Å²) >= 11 is 0. The van der Waals surface area contributed by atoms with E-state index >= 15 is 0 Å². The summed E-state index contributed by atoms with van der Waals surface area (Å²) in [7, 11) is 1.66. The van der Waals surface area contributed by atoms with Gasteiger partial charge in [-0.1, -0.05) is 24.2 Å². The lowest BCUT2D eigenvalue weighted by atomic mass is 10.1. The van der Waals surface area contributed by atoms with Crippen LogP contribution in [0.2, 0.25) is 0 Å². The van der Waals surface area contributed by atoms with Crippen molar-refractivity contribution >= 4 is 17.4 Å². The van der Waals surface area contributed by atoms with Crippen molar-refractivity contribution in [1.82, 2.24) is 5.16 Å². The fourth-order valence-electron chi connectivity index (χ4n) is 2.11. The van der Waals surface area contributed by atoms with Gasteiger partial charge in [0.15, 0.2) is 5.82 Å². The highest BCUT2D eigenvalue weighted by Gasteiger charge is 2.17. The molecule has 2 N–H and O–H groups in total. The van der Waals surface area contributed by atoms with Gasteiger partial charge in [0.05, 0.1) is 6.61 Å². The fourth-order valence-corrected chi connectivity index (χ4v) is 2.11. The Morgan fingerprint density at radius 2 is 2.23 bits per heavy atom. The van der Waals surface area contributed by atoms with Gasteiger partial charge in [-0.3, -0.25) is 4.79 Å². The fraction of sp³-hybridized carbons (Fsp3) is 0.375. The van der Waals surface area contributed by atoms with Gasteiger partial charge in [-0.2, -0.15) is 0 Å². The zero-order chi connectivity index (χ0) is 15.9. The number of carbonyl (C=O) groups is 1. The summed E-state index contributed by atoms with van der Waals surface area (Å²) in [5.74, 6) is 0.937. The first-order valence-electron chi connectivity index (χ1n) is 7.21. The molecule has 2 aromatic rings. The third-order valence-electron chi connectivity index (χ3n) is 3.18. The van der Waals surface area contributed by atoms with Gasteiger partial charge in [-0.25, -0.2) is 0 Å². The van der Waals surface area contributed by atoms with E-state index in [1.807, 2.05) is 31.2 Å². The smallest absolute Gasteiger partial charge is 0.248 e. The second-order valence-electron chi connectivity index (χ2n) is 5.05. The molecule has 1 atom stereocenters. The van der Waals surface area contributed by atoms with Crippen LogP contribution in [0.15, 0.2) is 34.9 Å². The predicted molar refractivity (Wildman–Crippen MR) is 84.7 cm³/mol. The van der Waals surface area contributed by atoms with Gasteiger partial charge in [0.1, 0.15) is 11.8 Å². The van der Waals surface area contributed by atoms with Crippen LogP contribution in [0.4, 0.5) is 11.5 Å². The van der Waals surface area contributed by atoms with Crippen LogP contribution in [0.25, 0.3) is 0 Å². The molecule has 1 heterocycles. The number of methoxy groups -OCH3 is 1. The van der Waals surface area contributed by atoms with Gasteiger partial charge in [-0.05, 0) is 31.0 Å². The molecule has 0 aliphatic carbocycles. The third-order valence-corrected chi connectivity index (χ3v) is 3.18. The Balaban J connectivity index is 2.01.